The van der Waals surface area contributed by atoms with E-state index in [9.17, 15) is 73.2 Å². The molecule has 646 valence electrons. The van der Waals surface area contributed by atoms with Crippen LogP contribution >= 0.6 is 56.9 Å². The number of carbonyl (C=O) groups excluding carboxylic acids is 4. The van der Waals surface area contributed by atoms with E-state index in [0.29, 0.717) is 132 Å². The third-order valence-electron chi connectivity index (χ3n) is 19.1. The summed E-state index contributed by atoms with van der Waals surface area (Å²) >= 11 is 11.3. The predicted molar refractivity (Wildman–Crippen MR) is 455 cm³/mol. The van der Waals surface area contributed by atoms with Crippen LogP contribution in [0.25, 0.3) is 67.3 Å². The van der Waals surface area contributed by atoms with Gasteiger partial charge in [0.1, 0.15) is 37.3 Å². The largest absolute Gasteiger partial charge is 0.573 e. The first-order valence-electron chi connectivity index (χ1n) is 37.2. The molecule has 4 atom stereocenters. The van der Waals surface area contributed by atoms with Crippen molar-refractivity contribution in [3.05, 3.63) is 312 Å². The average molecular weight is 1840 g/mol. The number of allylic oxidation sites excluding steroid dienone is 4. The molecule has 0 saturated carbocycles. The van der Waals surface area contributed by atoms with Gasteiger partial charge < -0.3 is 56.7 Å². The molecule has 8 N–H and O–H groups in total. The van der Waals surface area contributed by atoms with E-state index in [-0.39, 0.29) is 16.5 Å². The van der Waals surface area contributed by atoms with Gasteiger partial charge in [0.25, 0.3) is 0 Å². The Bertz CT molecular complexity index is 6630. The summed E-state index contributed by atoms with van der Waals surface area (Å²) in [5.41, 5.74) is 13.9. The molecular formula is C87H58ClF10N17O9S4. The first-order chi connectivity index (χ1) is 61.0. The Morgan fingerprint density at radius 3 is 1.01 bits per heavy atom. The second-order valence-electron chi connectivity index (χ2n) is 27.6. The summed E-state index contributed by atoms with van der Waals surface area (Å²) in [7, 11) is 0. The van der Waals surface area contributed by atoms with Gasteiger partial charge in [0.15, 0.2) is 0 Å². The minimum atomic E-state index is -4.92. The Labute approximate surface area is 739 Å². The van der Waals surface area contributed by atoms with E-state index >= 15 is 0 Å². The quantitative estimate of drug-likeness (QED) is 0.0253. The number of amides is 8. The molecule has 0 spiro atoms. The molecule has 12 aromatic rings. The molecule has 4 aromatic heterocycles. The van der Waals surface area contributed by atoms with Crippen LogP contribution in [0.15, 0.2) is 226 Å². The number of hydrogen-bond donors (Lipinski definition) is 8. The van der Waals surface area contributed by atoms with Crippen molar-refractivity contribution in [2.45, 2.75) is 70.9 Å². The number of nitro groups is 1. The van der Waals surface area contributed by atoms with E-state index in [0.717, 1.165) is 40.5 Å². The number of alkyl halides is 9. The summed E-state index contributed by atoms with van der Waals surface area (Å²) in [4.78, 5) is 77.5. The molecule has 26 nitrogen and oxygen atoms in total. The van der Waals surface area contributed by atoms with Crippen molar-refractivity contribution >= 4 is 109 Å². The van der Waals surface area contributed by atoms with Crippen molar-refractivity contribution in [1.82, 2.24) is 62.5 Å². The van der Waals surface area contributed by atoms with Crippen LogP contribution in [0, 0.1) is 61.3 Å². The molecule has 0 radical (unpaired) electrons. The Hall–Kier alpha value is -15.3. The number of nitrogens with one attached hydrogen (secondary N) is 8. The van der Waals surface area contributed by atoms with Gasteiger partial charge in [-0.25, -0.2) is 39.1 Å². The van der Waals surface area contributed by atoms with Crippen LogP contribution in [0.1, 0.15) is 116 Å². The molecule has 8 amide bonds. The summed E-state index contributed by atoms with van der Waals surface area (Å²) in [5.74, 6) is -2.24. The van der Waals surface area contributed by atoms with Crippen LogP contribution in [0.5, 0.6) is 17.2 Å². The fourth-order valence-electron chi connectivity index (χ4n) is 13.4. The molecular weight excluding hydrogens is 1780 g/mol. The predicted octanol–water partition coefficient (Wildman–Crippen LogP) is 21.3. The highest BCUT2D eigenvalue weighted by Gasteiger charge is 2.39. The van der Waals surface area contributed by atoms with Crippen LogP contribution < -0.4 is 56.7 Å². The standard InChI is InChI=1S/C22H14ClF3N4O2S.2C22H15F3N4O2S.C21H14FN5O3S/c1-11-18(20-29-16(10-33-20)13-4-2-12(9-27)3-5-13)19(30-21(31)28-11)14-6-7-15(23)17(8-14)32-22(24,25)26;1-12-18(20-28-17(11-32-20)14-4-2-13(10-26)3-5-14)19(29-21(30)27-12)15-6-8-16(9-7-15)31-22(23,24)25;1-12-18(20-28-17(11-32-20)14-7-5-13(10-26)6-8-14)19(29-21(30)27-12)15-3-2-4-16(9-15)31-22(23,24)25;1-11-18(20-25-16(10-31-20)13-4-2-12(9-23)3-5-13)19(26-21(28)24-11)14-6-7-15(22)17(8-14)27(29)30/h2-8,10,19H,1H3,(H2,28,30,31);2*2-9,11,19H,1H3,(H2,27,29,30);2-8,10,19H,1H3,(H2,24,26,28). The van der Waals surface area contributed by atoms with Gasteiger partial charge in [0, 0.05) is 94.9 Å². The number of aromatic nitrogens is 4. The summed E-state index contributed by atoms with van der Waals surface area (Å²) in [5, 5.41) is 78.4. The van der Waals surface area contributed by atoms with Gasteiger partial charge in [-0.1, -0.05) is 96.5 Å². The molecule has 0 fully saturated rings. The third kappa shape index (κ3) is 22.1. The van der Waals surface area contributed by atoms with Gasteiger partial charge in [0.05, 0.1) is 103 Å². The highest BCUT2D eigenvalue weighted by molar-refractivity contribution is 7.12. The van der Waals surface area contributed by atoms with Crippen LogP contribution in [-0.2, 0) is 0 Å². The molecule has 4 aliphatic heterocycles. The lowest BCUT2D eigenvalue weighted by molar-refractivity contribution is -0.387. The van der Waals surface area contributed by atoms with E-state index in [4.69, 9.17) is 32.6 Å². The van der Waals surface area contributed by atoms with Gasteiger partial charge in [0.2, 0.25) is 5.82 Å². The first kappa shape index (κ1) is 90.4. The van der Waals surface area contributed by atoms with E-state index < -0.39 is 89.6 Å². The van der Waals surface area contributed by atoms with Gasteiger partial charge in [-0.3, -0.25) is 10.1 Å². The molecule has 0 aliphatic carbocycles. The Kier molecular flexibility index (Phi) is 27.1. The molecule has 0 saturated heterocycles. The van der Waals surface area contributed by atoms with Crippen molar-refractivity contribution in [1.29, 1.82) is 21.0 Å². The van der Waals surface area contributed by atoms with Crippen LogP contribution in [0.2, 0.25) is 5.02 Å². The second-order valence-corrected chi connectivity index (χ2v) is 31.5. The zero-order valence-electron chi connectivity index (χ0n) is 65.9. The maximum Gasteiger partial charge on any atom is 0.573 e. The maximum atomic E-state index is 13.8. The van der Waals surface area contributed by atoms with E-state index in [1.165, 1.54) is 106 Å². The number of nitrogens with zero attached hydrogens (tertiary/aromatic N) is 9. The monoisotopic (exact) mass is 1840 g/mol. The van der Waals surface area contributed by atoms with Gasteiger partial charge in [-0.2, -0.15) is 25.4 Å². The number of urea groups is 4. The van der Waals surface area contributed by atoms with Crippen molar-refractivity contribution in [2.24, 2.45) is 0 Å². The smallest absolute Gasteiger partial charge is 0.406 e. The fourth-order valence-corrected chi connectivity index (χ4v) is 17.4. The maximum absolute atomic E-state index is 13.8. The SMILES string of the molecule is CC1=C(c2nc(-c3ccc(C#N)cc3)cs2)C(c2ccc(Cl)c(OC(F)(F)F)c2)NC(=O)N1.CC1=C(c2nc(-c3ccc(C#N)cc3)cs2)C(c2ccc(F)c([N+](=O)[O-])c2)NC(=O)N1.CC1=C(c2nc(-c3ccc(C#N)cc3)cs2)C(c2ccc(OC(F)(F)F)cc2)NC(=O)N1.CC1=C(c2nc(-c3ccc(C#N)cc3)cs2)C(c2cccc(OC(F)(F)F)c2)NC(=O)N1. The van der Waals surface area contributed by atoms with Crippen molar-refractivity contribution < 1.29 is 82.2 Å². The molecule has 4 aliphatic rings. The van der Waals surface area contributed by atoms with Gasteiger partial charge >= 0.3 is 48.9 Å². The lowest BCUT2D eigenvalue weighted by Gasteiger charge is -2.28. The first-order valence-corrected chi connectivity index (χ1v) is 41.1. The van der Waals surface area contributed by atoms with Crippen molar-refractivity contribution in [3.8, 4) is 86.6 Å². The zero-order valence-corrected chi connectivity index (χ0v) is 70.0. The highest BCUT2D eigenvalue weighted by atomic mass is 35.5. The minimum Gasteiger partial charge on any atom is -0.406 e. The topological polar surface area (TPSA) is 382 Å². The van der Waals surface area contributed by atoms with Gasteiger partial charge in [-0.05, 0) is 141 Å². The molecule has 8 aromatic carbocycles. The van der Waals surface area contributed by atoms with Crippen LogP contribution in [0.4, 0.5) is 68.8 Å². The Morgan fingerprint density at radius 1 is 0.391 bits per heavy atom. The van der Waals surface area contributed by atoms with E-state index in [1.54, 1.807) is 131 Å². The summed E-state index contributed by atoms with van der Waals surface area (Å²) in [6.45, 7) is 6.85. The molecule has 0 bridgehead atoms. The number of rotatable bonds is 16. The number of nitro benzene ring substituents is 1. The molecule has 16 rings (SSSR count). The number of nitriles is 4. The number of benzene rings is 8. The van der Waals surface area contributed by atoms with Crippen LogP contribution in [-0.4, -0.2) is 68.1 Å². The molecule has 41 heteroatoms. The second kappa shape index (κ2) is 38.4. The number of hydrogen-bond acceptors (Lipinski definition) is 21. The normalized spacial score (nSPS) is 16.1. The number of carbonyl (C=O) groups is 4. The number of halogens is 11. The number of thiazole rings is 4. The lowest BCUT2D eigenvalue weighted by atomic mass is 9.95. The lowest BCUT2D eigenvalue weighted by Crippen LogP contribution is -2.42. The summed E-state index contributed by atoms with van der Waals surface area (Å²) < 4.78 is 139. The Balaban J connectivity index is 0.000000146. The van der Waals surface area contributed by atoms with Crippen molar-refractivity contribution in [2.75, 3.05) is 0 Å². The minimum absolute atomic E-state index is 0.212. The Morgan fingerprint density at radius 2 is 0.688 bits per heavy atom. The van der Waals surface area contributed by atoms with Crippen molar-refractivity contribution in [3.63, 3.8) is 0 Å². The third-order valence-corrected chi connectivity index (χ3v) is 23.0. The highest BCUT2D eigenvalue weighted by Crippen LogP contribution is 2.45. The number of ether oxygens (including phenoxy) is 3. The van der Waals surface area contributed by atoms with Crippen LogP contribution in [0.3, 0.4) is 0 Å². The molecule has 4 unspecified atom stereocenters. The molecule has 128 heavy (non-hydrogen) atoms. The average Bonchev–Trinajstić information content (AvgIpc) is 1.47. The molecule has 8 heterocycles. The van der Waals surface area contributed by atoms with Gasteiger partial charge in [-0.15, -0.1) is 84.9 Å². The zero-order chi connectivity index (χ0) is 91.6. The van der Waals surface area contributed by atoms with E-state index in [1.807, 2.05) is 21.5 Å². The summed E-state index contributed by atoms with van der Waals surface area (Å²) in [6.07, 6.45) is -14.5. The summed E-state index contributed by atoms with van der Waals surface area (Å²) in [6, 6.07) is 49.7. The fraction of sp³-hybridized carbons (Fsp3) is 0.126. The van der Waals surface area contributed by atoms with E-state index in [2.05, 4.69) is 101 Å².